The second-order valence-corrected chi connectivity index (χ2v) is 6.39. The van der Waals surface area contributed by atoms with E-state index in [1.54, 1.807) is 19.4 Å². The molecular formula is C20H27N5O2. The highest BCUT2D eigenvalue weighted by molar-refractivity contribution is 5.92. The molecule has 7 heteroatoms. The van der Waals surface area contributed by atoms with E-state index in [1.165, 1.54) is 0 Å². The third-order valence-electron chi connectivity index (χ3n) is 4.91. The van der Waals surface area contributed by atoms with E-state index >= 15 is 0 Å². The molecule has 2 heterocycles. The first-order valence-electron chi connectivity index (χ1n) is 9.42. The van der Waals surface area contributed by atoms with Gasteiger partial charge in [0.25, 0.3) is 5.91 Å². The van der Waals surface area contributed by atoms with Gasteiger partial charge in [-0.2, -0.15) is 0 Å². The van der Waals surface area contributed by atoms with E-state index in [-0.39, 0.29) is 5.91 Å². The molecule has 0 N–H and O–H groups in total. The zero-order valence-corrected chi connectivity index (χ0v) is 16.3. The fourth-order valence-corrected chi connectivity index (χ4v) is 3.25. The molecule has 0 spiro atoms. The van der Waals surface area contributed by atoms with Crippen LogP contribution in [0.25, 0.3) is 0 Å². The second-order valence-electron chi connectivity index (χ2n) is 6.39. The van der Waals surface area contributed by atoms with Crippen molar-refractivity contribution in [3.63, 3.8) is 0 Å². The Morgan fingerprint density at radius 3 is 2.33 bits per heavy atom. The minimum atomic E-state index is -0.0276. The molecule has 1 aromatic carbocycles. The molecule has 1 amide bonds. The number of nitrogens with zero attached hydrogens (tertiary/aromatic N) is 5. The maximum absolute atomic E-state index is 12.9. The summed E-state index contributed by atoms with van der Waals surface area (Å²) in [5.74, 6) is 1.43. The van der Waals surface area contributed by atoms with Crippen molar-refractivity contribution in [3.8, 4) is 5.75 Å². The van der Waals surface area contributed by atoms with Crippen LogP contribution < -0.4 is 14.5 Å². The third-order valence-corrected chi connectivity index (χ3v) is 4.91. The van der Waals surface area contributed by atoms with E-state index in [2.05, 4.69) is 40.8 Å². The Hall–Kier alpha value is -2.83. The van der Waals surface area contributed by atoms with Crippen LogP contribution in [0.5, 0.6) is 5.75 Å². The fraction of sp³-hybridized carbons (Fsp3) is 0.450. The van der Waals surface area contributed by atoms with Gasteiger partial charge in [-0.1, -0.05) is 0 Å². The van der Waals surface area contributed by atoms with Crippen LogP contribution >= 0.6 is 0 Å². The minimum absolute atomic E-state index is 0.0276. The second kappa shape index (κ2) is 8.70. The Bertz CT molecular complexity index is 753. The van der Waals surface area contributed by atoms with E-state index in [4.69, 9.17) is 4.74 Å². The van der Waals surface area contributed by atoms with Gasteiger partial charge in [-0.25, -0.2) is 9.97 Å². The van der Waals surface area contributed by atoms with E-state index < -0.39 is 0 Å². The SMILES string of the molecule is CCN(CC)c1nccc(C(=O)N2CCN(c3ccc(OC)cc3)CC2)n1. The van der Waals surface area contributed by atoms with Crippen molar-refractivity contribution in [2.45, 2.75) is 13.8 Å². The van der Waals surface area contributed by atoms with Crippen LogP contribution in [0.15, 0.2) is 36.5 Å². The Labute approximate surface area is 160 Å². The van der Waals surface area contributed by atoms with Crippen LogP contribution in [0.4, 0.5) is 11.6 Å². The van der Waals surface area contributed by atoms with Crippen LogP contribution in [-0.4, -0.2) is 67.2 Å². The molecule has 1 aliphatic heterocycles. The quantitative estimate of drug-likeness (QED) is 0.779. The number of methoxy groups -OCH3 is 1. The summed E-state index contributed by atoms with van der Waals surface area (Å²) in [5, 5.41) is 0. The van der Waals surface area contributed by atoms with Gasteiger partial charge in [0, 0.05) is 51.2 Å². The molecule has 27 heavy (non-hydrogen) atoms. The lowest BCUT2D eigenvalue weighted by molar-refractivity contribution is 0.0740. The smallest absolute Gasteiger partial charge is 0.272 e. The third kappa shape index (κ3) is 4.30. The molecule has 0 atom stereocenters. The molecule has 0 aliphatic carbocycles. The molecule has 2 aromatic rings. The van der Waals surface area contributed by atoms with Gasteiger partial charge < -0.3 is 19.4 Å². The van der Waals surface area contributed by atoms with Crippen molar-refractivity contribution in [3.05, 3.63) is 42.2 Å². The van der Waals surface area contributed by atoms with Gasteiger partial charge in [-0.15, -0.1) is 0 Å². The number of amides is 1. The lowest BCUT2D eigenvalue weighted by Crippen LogP contribution is -2.49. The van der Waals surface area contributed by atoms with Gasteiger partial charge in [-0.05, 0) is 44.2 Å². The van der Waals surface area contributed by atoms with Crippen LogP contribution in [0, 0.1) is 0 Å². The molecule has 3 rings (SSSR count). The Balaban J connectivity index is 1.63. The lowest BCUT2D eigenvalue weighted by Gasteiger charge is -2.36. The maximum Gasteiger partial charge on any atom is 0.272 e. The van der Waals surface area contributed by atoms with Gasteiger partial charge >= 0.3 is 0 Å². The highest BCUT2D eigenvalue weighted by Gasteiger charge is 2.24. The molecule has 144 valence electrons. The predicted octanol–water partition coefficient (Wildman–Crippen LogP) is 2.29. The number of aromatic nitrogens is 2. The molecule has 0 saturated carbocycles. The lowest BCUT2D eigenvalue weighted by atomic mass is 10.2. The highest BCUT2D eigenvalue weighted by Crippen LogP contribution is 2.21. The van der Waals surface area contributed by atoms with E-state index in [0.717, 1.165) is 37.6 Å². The standard InChI is InChI=1S/C20H27N5O2/c1-4-23(5-2)20-21-11-10-18(22-20)19(26)25-14-12-24(13-15-25)16-6-8-17(27-3)9-7-16/h6-11H,4-5,12-15H2,1-3H3. The molecule has 0 bridgehead atoms. The van der Waals surface area contributed by atoms with Crippen molar-refractivity contribution < 1.29 is 9.53 Å². The predicted molar refractivity (Wildman–Crippen MR) is 107 cm³/mol. The summed E-state index contributed by atoms with van der Waals surface area (Å²) in [6.07, 6.45) is 1.67. The van der Waals surface area contributed by atoms with E-state index in [0.29, 0.717) is 24.7 Å². The maximum atomic E-state index is 12.9. The summed E-state index contributed by atoms with van der Waals surface area (Å²) in [5.41, 5.74) is 1.61. The number of hydrogen-bond donors (Lipinski definition) is 0. The normalized spacial score (nSPS) is 14.2. The van der Waals surface area contributed by atoms with Gasteiger partial charge in [0.1, 0.15) is 11.4 Å². The van der Waals surface area contributed by atoms with Crippen molar-refractivity contribution in [2.24, 2.45) is 0 Å². The average molecular weight is 369 g/mol. The van der Waals surface area contributed by atoms with E-state index in [1.807, 2.05) is 21.9 Å². The molecule has 1 fully saturated rings. The molecule has 0 unspecified atom stereocenters. The summed E-state index contributed by atoms with van der Waals surface area (Å²) >= 11 is 0. The molecular weight excluding hydrogens is 342 g/mol. The summed E-state index contributed by atoms with van der Waals surface area (Å²) in [4.78, 5) is 27.8. The average Bonchev–Trinajstić information content (AvgIpc) is 2.74. The van der Waals surface area contributed by atoms with Crippen molar-refractivity contribution in [1.82, 2.24) is 14.9 Å². The summed E-state index contributed by atoms with van der Waals surface area (Å²) in [6.45, 7) is 8.69. The first-order chi connectivity index (χ1) is 13.2. The molecule has 7 nitrogen and oxygen atoms in total. The highest BCUT2D eigenvalue weighted by atomic mass is 16.5. The number of carbonyl (C=O) groups excluding carboxylic acids is 1. The number of anilines is 2. The van der Waals surface area contributed by atoms with Crippen molar-refractivity contribution >= 4 is 17.5 Å². The zero-order valence-electron chi connectivity index (χ0n) is 16.3. The minimum Gasteiger partial charge on any atom is -0.497 e. The monoisotopic (exact) mass is 369 g/mol. The molecule has 1 saturated heterocycles. The number of carbonyl (C=O) groups is 1. The van der Waals surface area contributed by atoms with E-state index in [9.17, 15) is 4.79 Å². The first-order valence-corrected chi connectivity index (χ1v) is 9.42. The summed E-state index contributed by atoms with van der Waals surface area (Å²) in [7, 11) is 1.66. The van der Waals surface area contributed by atoms with Crippen molar-refractivity contribution in [2.75, 3.05) is 56.2 Å². The number of hydrogen-bond acceptors (Lipinski definition) is 6. The first kappa shape index (κ1) is 18.9. The molecule has 1 aromatic heterocycles. The van der Waals surface area contributed by atoms with Crippen LogP contribution in [-0.2, 0) is 0 Å². The Kier molecular flexibility index (Phi) is 6.11. The zero-order chi connectivity index (χ0) is 19.2. The van der Waals surface area contributed by atoms with Crippen LogP contribution in [0.1, 0.15) is 24.3 Å². The fourth-order valence-electron chi connectivity index (χ4n) is 3.25. The number of piperazine rings is 1. The molecule has 0 radical (unpaired) electrons. The van der Waals surface area contributed by atoms with Crippen LogP contribution in [0.3, 0.4) is 0 Å². The topological polar surface area (TPSA) is 61.8 Å². The number of ether oxygens (including phenoxy) is 1. The van der Waals surface area contributed by atoms with Gasteiger partial charge in [0.15, 0.2) is 0 Å². The van der Waals surface area contributed by atoms with Crippen LogP contribution in [0.2, 0.25) is 0 Å². The Morgan fingerprint density at radius 1 is 1.07 bits per heavy atom. The van der Waals surface area contributed by atoms with Gasteiger partial charge in [0.05, 0.1) is 7.11 Å². The van der Waals surface area contributed by atoms with Crippen molar-refractivity contribution in [1.29, 1.82) is 0 Å². The summed E-state index contributed by atoms with van der Waals surface area (Å²) in [6, 6.07) is 9.73. The Morgan fingerprint density at radius 2 is 1.74 bits per heavy atom. The molecule has 1 aliphatic rings. The number of rotatable bonds is 6. The summed E-state index contributed by atoms with van der Waals surface area (Å²) < 4.78 is 5.21. The largest absolute Gasteiger partial charge is 0.497 e. The van der Waals surface area contributed by atoms with Gasteiger partial charge in [-0.3, -0.25) is 4.79 Å². The number of benzene rings is 1. The van der Waals surface area contributed by atoms with Gasteiger partial charge in [0.2, 0.25) is 5.95 Å².